The Hall–Kier alpha value is -1.01. The van der Waals surface area contributed by atoms with Crippen molar-refractivity contribution in [2.24, 2.45) is 0 Å². The Morgan fingerprint density at radius 3 is 2.53 bits per heavy atom. The van der Waals surface area contributed by atoms with Gasteiger partial charge in [-0.2, -0.15) is 0 Å². The van der Waals surface area contributed by atoms with Crippen molar-refractivity contribution >= 4 is 23.4 Å². The summed E-state index contributed by atoms with van der Waals surface area (Å²) in [6, 6.07) is 2.38. The monoisotopic (exact) mass is 255 g/mol. The molecule has 1 heterocycles. The molecule has 0 aliphatic carbocycles. The average Bonchev–Trinajstić information content (AvgIpc) is 2.35. The Bertz CT molecular complexity index is 333. The van der Waals surface area contributed by atoms with E-state index in [1.807, 2.05) is 19.4 Å². The predicted octanol–water partition coefficient (Wildman–Crippen LogP) is 1.60. The molecule has 0 radical (unpaired) electrons. The van der Waals surface area contributed by atoms with Gasteiger partial charge in [0.25, 0.3) is 0 Å². The fraction of sp³-hybridized carbons (Fsp3) is 0.636. The molecule has 1 aromatic rings. The van der Waals surface area contributed by atoms with Gasteiger partial charge in [0.05, 0.1) is 0 Å². The van der Waals surface area contributed by atoms with E-state index in [0.29, 0.717) is 6.04 Å². The normalized spacial score (nSPS) is 12.6. The van der Waals surface area contributed by atoms with Crippen molar-refractivity contribution in [3.63, 3.8) is 0 Å². The molecule has 0 aliphatic heterocycles. The number of anilines is 2. The molecule has 0 saturated heterocycles. The van der Waals surface area contributed by atoms with Gasteiger partial charge in [0, 0.05) is 25.7 Å². The van der Waals surface area contributed by atoms with Gasteiger partial charge < -0.3 is 15.5 Å². The Morgan fingerprint density at radius 2 is 2.00 bits per heavy atom. The first-order valence-corrected chi connectivity index (χ1v) is 6.80. The van der Waals surface area contributed by atoms with Gasteiger partial charge in [-0.3, -0.25) is 0 Å². The van der Waals surface area contributed by atoms with Crippen molar-refractivity contribution in [3.8, 4) is 0 Å². The lowest BCUT2D eigenvalue weighted by atomic mass is 10.3. The van der Waals surface area contributed by atoms with Crippen LogP contribution in [0, 0.1) is 0 Å². The van der Waals surface area contributed by atoms with E-state index in [4.69, 9.17) is 0 Å². The third-order valence-corrected chi connectivity index (χ3v) is 3.15. The van der Waals surface area contributed by atoms with Crippen LogP contribution in [0.3, 0.4) is 0 Å². The third kappa shape index (κ3) is 4.40. The number of aromatic nitrogens is 2. The molecular formula is C11H21N5S. The molecule has 96 valence electrons. The highest BCUT2D eigenvalue weighted by Gasteiger charge is 2.06. The number of likely N-dealkylation sites (N-methyl/N-ethyl adjacent to an activating group) is 1. The second-order valence-electron chi connectivity index (χ2n) is 4.07. The van der Waals surface area contributed by atoms with Crippen LogP contribution in [0.5, 0.6) is 0 Å². The van der Waals surface area contributed by atoms with E-state index in [-0.39, 0.29) is 0 Å². The van der Waals surface area contributed by atoms with Crippen molar-refractivity contribution in [1.29, 1.82) is 0 Å². The van der Waals surface area contributed by atoms with Crippen molar-refractivity contribution in [3.05, 3.63) is 6.07 Å². The minimum Gasteiger partial charge on any atom is -0.373 e. The first kappa shape index (κ1) is 14.1. The third-order valence-electron chi connectivity index (χ3n) is 2.60. The lowest BCUT2D eigenvalue weighted by Crippen LogP contribution is -2.31. The van der Waals surface area contributed by atoms with E-state index in [9.17, 15) is 0 Å². The molecule has 1 atom stereocenters. The second-order valence-corrected chi connectivity index (χ2v) is 4.84. The maximum atomic E-state index is 4.41. The highest BCUT2D eigenvalue weighted by Crippen LogP contribution is 2.16. The molecule has 5 nitrogen and oxygen atoms in total. The summed E-state index contributed by atoms with van der Waals surface area (Å²) in [4.78, 5) is 10.9. The first-order valence-electron chi connectivity index (χ1n) is 5.58. The summed E-state index contributed by atoms with van der Waals surface area (Å²) < 4.78 is 0. The van der Waals surface area contributed by atoms with Crippen molar-refractivity contribution in [1.82, 2.24) is 14.9 Å². The molecule has 1 aromatic heterocycles. The standard InChI is InChI=1S/C11H21N5S/c1-8(16(3)4)7-13-10-6-9(12-2)14-11(15-10)17-5/h6,8H,7H2,1-5H3,(H2,12,13,14,15). The highest BCUT2D eigenvalue weighted by atomic mass is 32.2. The smallest absolute Gasteiger partial charge is 0.191 e. The molecule has 1 rings (SSSR count). The fourth-order valence-corrected chi connectivity index (χ4v) is 1.55. The fourth-order valence-electron chi connectivity index (χ4n) is 1.17. The first-order chi connectivity index (χ1) is 8.06. The van der Waals surface area contributed by atoms with Crippen LogP contribution in [0.15, 0.2) is 11.2 Å². The molecule has 0 aromatic carbocycles. The zero-order valence-electron chi connectivity index (χ0n) is 11.1. The van der Waals surface area contributed by atoms with Gasteiger partial charge in [0.2, 0.25) is 0 Å². The molecule has 1 unspecified atom stereocenters. The largest absolute Gasteiger partial charge is 0.373 e. The van der Waals surface area contributed by atoms with Crippen LogP contribution in [-0.4, -0.2) is 54.9 Å². The number of hydrogen-bond acceptors (Lipinski definition) is 6. The predicted molar refractivity (Wildman–Crippen MR) is 75.0 cm³/mol. The quantitative estimate of drug-likeness (QED) is 0.595. The number of nitrogens with one attached hydrogen (secondary N) is 2. The summed E-state index contributed by atoms with van der Waals surface area (Å²) in [5.41, 5.74) is 0. The molecular weight excluding hydrogens is 234 g/mol. The molecule has 2 N–H and O–H groups in total. The molecule has 0 saturated carbocycles. The van der Waals surface area contributed by atoms with Crippen LogP contribution in [0.4, 0.5) is 11.6 Å². The van der Waals surface area contributed by atoms with Gasteiger partial charge >= 0.3 is 0 Å². The molecule has 0 aliphatic rings. The molecule has 0 spiro atoms. The van der Waals surface area contributed by atoms with Crippen molar-refractivity contribution in [2.75, 3.05) is 44.6 Å². The summed E-state index contributed by atoms with van der Waals surface area (Å²) in [6.45, 7) is 3.03. The maximum Gasteiger partial charge on any atom is 0.191 e. The molecule has 17 heavy (non-hydrogen) atoms. The van der Waals surface area contributed by atoms with E-state index in [0.717, 1.165) is 23.3 Å². The van der Waals surface area contributed by atoms with E-state index in [2.05, 4.69) is 46.5 Å². The number of thioether (sulfide) groups is 1. The van der Waals surface area contributed by atoms with Gasteiger partial charge in [-0.1, -0.05) is 11.8 Å². The van der Waals surface area contributed by atoms with Gasteiger partial charge in [-0.15, -0.1) is 0 Å². The Morgan fingerprint density at radius 1 is 1.35 bits per heavy atom. The Kier molecular flexibility index (Phi) is 5.50. The lowest BCUT2D eigenvalue weighted by molar-refractivity contribution is 0.326. The summed E-state index contributed by atoms with van der Waals surface area (Å²) in [6.07, 6.45) is 1.97. The molecule has 6 heteroatoms. The SMILES string of the molecule is CNc1cc(NCC(C)N(C)C)nc(SC)n1. The zero-order valence-corrected chi connectivity index (χ0v) is 11.9. The molecule has 0 fully saturated rings. The van der Waals surface area contributed by atoms with Crippen LogP contribution in [0.2, 0.25) is 0 Å². The Labute approximate surface area is 107 Å². The second kappa shape index (κ2) is 6.66. The minimum atomic E-state index is 0.459. The zero-order chi connectivity index (χ0) is 12.8. The van der Waals surface area contributed by atoms with Crippen LogP contribution in [0.25, 0.3) is 0 Å². The number of rotatable bonds is 6. The van der Waals surface area contributed by atoms with Gasteiger partial charge in [0.1, 0.15) is 11.6 Å². The summed E-state index contributed by atoms with van der Waals surface area (Å²) in [7, 11) is 6.00. The van der Waals surface area contributed by atoms with E-state index in [1.165, 1.54) is 0 Å². The average molecular weight is 255 g/mol. The van der Waals surface area contributed by atoms with E-state index in [1.54, 1.807) is 11.8 Å². The van der Waals surface area contributed by atoms with Gasteiger partial charge in [-0.05, 0) is 27.3 Å². The van der Waals surface area contributed by atoms with Crippen LogP contribution >= 0.6 is 11.8 Å². The summed E-state index contributed by atoms with van der Waals surface area (Å²) >= 11 is 1.54. The van der Waals surface area contributed by atoms with E-state index < -0.39 is 0 Å². The van der Waals surface area contributed by atoms with Crippen molar-refractivity contribution in [2.45, 2.75) is 18.1 Å². The van der Waals surface area contributed by atoms with Crippen LogP contribution < -0.4 is 10.6 Å². The minimum absolute atomic E-state index is 0.459. The number of hydrogen-bond donors (Lipinski definition) is 2. The van der Waals surface area contributed by atoms with Gasteiger partial charge in [-0.25, -0.2) is 9.97 Å². The van der Waals surface area contributed by atoms with Gasteiger partial charge in [0.15, 0.2) is 5.16 Å². The lowest BCUT2D eigenvalue weighted by Gasteiger charge is -2.20. The van der Waals surface area contributed by atoms with E-state index >= 15 is 0 Å². The maximum absolute atomic E-state index is 4.41. The summed E-state index contributed by atoms with van der Waals surface area (Å²) in [5, 5.41) is 7.14. The topological polar surface area (TPSA) is 53.1 Å². The van der Waals surface area contributed by atoms with Crippen LogP contribution in [0.1, 0.15) is 6.92 Å². The number of nitrogens with zero attached hydrogens (tertiary/aromatic N) is 3. The Balaban J connectivity index is 2.70. The summed E-state index contributed by atoms with van der Waals surface area (Å²) in [5.74, 6) is 1.70. The van der Waals surface area contributed by atoms with Crippen LogP contribution in [-0.2, 0) is 0 Å². The molecule has 0 bridgehead atoms. The molecule has 0 amide bonds. The highest BCUT2D eigenvalue weighted by molar-refractivity contribution is 7.98. The van der Waals surface area contributed by atoms with Crippen molar-refractivity contribution < 1.29 is 0 Å².